The fourth-order valence-electron chi connectivity index (χ4n) is 4.44. The van der Waals surface area contributed by atoms with Gasteiger partial charge in [-0.25, -0.2) is 0 Å². The van der Waals surface area contributed by atoms with Crippen molar-refractivity contribution >= 4 is 23.6 Å². The Morgan fingerprint density at radius 3 is 2.66 bits per heavy atom. The van der Waals surface area contributed by atoms with Gasteiger partial charge in [0.25, 0.3) is 0 Å². The van der Waals surface area contributed by atoms with E-state index in [0.717, 1.165) is 54.3 Å². The second-order valence-corrected chi connectivity index (χ2v) is 9.85. The first-order valence-corrected chi connectivity index (χ1v) is 12.0. The van der Waals surface area contributed by atoms with Gasteiger partial charge in [-0.1, -0.05) is 36.4 Å². The molecule has 0 aliphatic carbocycles. The number of fused-ring (bicyclic) bond motifs is 1. The number of carbonyl (C=O) groups excluding carboxylic acids is 2. The van der Waals surface area contributed by atoms with E-state index in [-0.39, 0.29) is 29.5 Å². The fourth-order valence-corrected chi connectivity index (χ4v) is 5.85. The maximum atomic E-state index is 12.7. The molecule has 3 aliphatic heterocycles. The standard InChI is InChI=1S/C24H27N3O4S/c28-22(13-17-4-2-1-3-5-17)27-10-8-24(9-11-27)26-19(15-32-24)23(29)25-14-18-6-7-20-21(12-18)31-16-30-20/h1-7,12,19,26H,8-11,13-16H2,(H,25,29). The van der Waals surface area contributed by atoms with Crippen LogP contribution in [0.2, 0.25) is 0 Å². The van der Waals surface area contributed by atoms with Crippen LogP contribution in [0.25, 0.3) is 0 Å². The first kappa shape index (κ1) is 21.2. The summed E-state index contributed by atoms with van der Waals surface area (Å²) in [6.45, 7) is 2.13. The largest absolute Gasteiger partial charge is 0.454 e. The molecule has 0 saturated carbocycles. The van der Waals surface area contributed by atoms with E-state index < -0.39 is 0 Å². The summed E-state index contributed by atoms with van der Waals surface area (Å²) in [7, 11) is 0. The van der Waals surface area contributed by atoms with E-state index in [0.29, 0.717) is 13.0 Å². The van der Waals surface area contributed by atoms with Crippen molar-refractivity contribution < 1.29 is 19.1 Å². The molecule has 5 rings (SSSR count). The van der Waals surface area contributed by atoms with Gasteiger partial charge in [0.15, 0.2) is 11.5 Å². The molecule has 1 unspecified atom stereocenters. The van der Waals surface area contributed by atoms with E-state index in [1.54, 1.807) is 0 Å². The molecule has 2 aromatic rings. The third kappa shape index (κ3) is 4.56. The molecule has 2 saturated heterocycles. The fraction of sp³-hybridized carbons (Fsp3) is 0.417. The summed E-state index contributed by atoms with van der Waals surface area (Å²) in [6, 6.07) is 15.4. The van der Waals surface area contributed by atoms with Gasteiger partial charge in [-0.15, -0.1) is 11.8 Å². The van der Waals surface area contributed by atoms with E-state index in [2.05, 4.69) is 10.6 Å². The van der Waals surface area contributed by atoms with Gasteiger partial charge in [-0.3, -0.25) is 14.9 Å². The van der Waals surface area contributed by atoms with Crippen LogP contribution in [0, 0.1) is 0 Å². The minimum absolute atomic E-state index is 0.00891. The van der Waals surface area contributed by atoms with Gasteiger partial charge in [-0.2, -0.15) is 0 Å². The van der Waals surface area contributed by atoms with Crippen molar-refractivity contribution in [3.8, 4) is 11.5 Å². The van der Waals surface area contributed by atoms with Gasteiger partial charge in [0.05, 0.1) is 17.3 Å². The number of piperidine rings is 1. The quantitative estimate of drug-likeness (QED) is 0.723. The van der Waals surface area contributed by atoms with E-state index in [1.807, 2.05) is 65.2 Å². The SMILES string of the molecule is O=C(NCc1ccc2c(c1)OCO2)C1CSC2(CCN(C(=O)Cc3ccccc3)CC2)N1. The van der Waals surface area contributed by atoms with Crippen molar-refractivity contribution in [1.82, 2.24) is 15.5 Å². The Kier molecular flexibility index (Phi) is 5.97. The van der Waals surface area contributed by atoms with Crippen LogP contribution >= 0.6 is 11.8 Å². The number of likely N-dealkylation sites (tertiary alicyclic amines) is 1. The number of carbonyl (C=O) groups is 2. The van der Waals surface area contributed by atoms with Crippen LogP contribution in [0.15, 0.2) is 48.5 Å². The molecule has 0 aromatic heterocycles. The van der Waals surface area contributed by atoms with Crippen molar-refractivity contribution in [2.24, 2.45) is 0 Å². The van der Waals surface area contributed by atoms with Gasteiger partial charge < -0.3 is 19.7 Å². The Bertz CT molecular complexity index is 992. The first-order valence-electron chi connectivity index (χ1n) is 11.0. The molecule has 3 heterocycles. The molecular formula is C24H27N3O4S. The van der Waals surface area contributed by atoms with Gasteiger partial charge in [0.1, 0.15) is 0 Å². The number of benzene rings is 2. The Balaban J connectivity index is 1.09. The molecule has 1 spiro atoms. The van der Waals surface area contributed by atoms with Gasteiger partial charge in [-0.05, 0) is 36.1 Å². The van der Waals surface area contributed by atoms with Crippen molar-refractivity contribution in [3.05, 3.63) is 59.7 Å². The molecule has 32 heavy (non-hydrogen) atoms. The number of ether oxygens (including phenoxy) is 2. The average molecular weight is 454 g/mol. The predicted molar refractivity (Wildman–Crippen MR) is 122 cm³/mol. The molecule has 1 atom stereocenters. The van der Waals surface area contributed by atoms with E-state index in [1.165, 1.54) is 0 Å². The van der Waals surface area contributed by atoms with Crippen molar-refractivity contribution in [2.45, 2.75) is 36.7 Å². The topological polar surface area (TPSA) is 79.9 Å². The zero-order valence-electron chi connectivity index (χ0n) is 17.8. The summed E-state index contributed by atoms with van der Waals surface area (Å²) in [5.41, 5.74) is 2.03. The normalized spacial score (nSPS) is 21.0. The van der Waals surface area contributed by atoms with Crippen LogP contribution in [0.5, 0.6) is 11.5 Å². The zero-order chi connectivity index (χ0) is 22.0. The van der Waals surface area contributed by atoms with Crippen molar-refractivity contribution in [3.63, 3.8) is 0 Å². The number of rotatable bonds is 5. The summed E-state index contributed by atoms with van der Waals surface area (Å²) in [5, 5.41) is 6.59. The lowest BCUT2D eigenvalue weighted by atomic mass is 10.0. The smallest absolute Gasteiger partial charge is 0.238 e. The van der Waals surface area contributed by atoms with Crippen molar-refractivity contribution in [2.75, 3.05) is 25.6 Å². The summed E-state index contributed by atoms with van der Waals surface area (Å²) >= 11 is 1.81. The molecule has 2 N–H and O–H groups in total. The molecule has 0 bridgehead atoms. The maximum absolute atomic E-state index is 12.7. The highest BCUT2D eigenvalue weighted by molar-refractivity contribution is 8.01. The maximum Gasteiger partial charge on any atom is 0.238 e. The minimum atomic E-state index is -0.222. The molecule has 2 aromatic carbocycles. The Morgan fingerprint density at radius 1 is 1.06 bits per heavy atom. The third-order valence-electron chi connectivity index (χ3n) is 6.31. The van der Waals surface area contributed by atoms with Gasteiger partial charge in [0, 0.05) is 25.4 Å². The van der Waals surface area contributed by atoms with Crippen LogP contribution in [0.1, 0.15) is 24.0 Å². The van der Waals surface area contributed by atoms with Crippen LogP contribution in [-0.2, 0) is 22.6 Å². The lowest BCUT2D eigenvalue weighted by Gasteiger charge is -2.39. The third-order valence-corrected chi connectivity index (χ3v) is 7.88. The van der Waals surface area contributed by atoms with Gasteiger partial charge >= 0.3 is 0 Å². The number of hydrogen-bond acceptors (Lipinski definition) is 6. The number of nitrogens with one attached hydrogen (secondary N) is 2. The highest BCUT2D eigenvalue weighted by Gasteiger charge is 2.44. The highest BCUT2D eigenvalue weighted by atomic mass is 32.2. The van der Waals surface area contributed by atoms with Crippen molar-refractivity contribution in [1.29, 1.82) is 0 Å². The molecule has 3 aliphatic rings. The number of hydrogen-bond donors (Lipinski definition) is 2. The second-order valence-electron chi connectivity index (χ2n) is 8.45. The van der Waals surface area contributed by atoms with Crippen LogP contribution in [0.4, 0.5) is 0 Å². The summed E-state index contributed by atoms with van der Waals surface area (Å²) in [5.74, 6) is 2.38. The average Bonchev–Trinajstić information content (AvgIpc) is 3.45. The molecule has 7 nitrogen and oxygen atoms in total. The van der Waals surface area contributed by atoms with E-state index in [4.69, 9.17) is 9.47 Å². The number of nitrogens with zero attached hydrogens (tertiary/aromatic N) is 1. The lowest BCUT2D eigenvalue weighted by Crippen LogP contribution is -2.54. The Labute approximate surface area is 191 Å². The summed E-state index contributed by atoms with van der Waals surface area (Å²) in [4.78, 5) is 27.2. The van der Waals surface area contributed by atoms with Gasteiger partial charge in [0.2, 0.25) is 18.6 Å². The molecule has 0 radical (unpaired) electrons. The lowest BCUT2D eigenvalue weighted by molar-refractivity contribution is -0.132. The summed E-state index contributed by atoms with van der Waals surface area (Å²) in [6.07, 6.45) is 2.15. The molecule has 2 amide bonds. The van der Waals surface area contributed by atoms with Crippen LogP contribution in [-0.4, -0.2) is 53.3 Å². The van der Waals surface area contributed by atoms with E-state index in [9.17, 15) is 9.59 Å². The zero-order valence-corrected chi connectivity index (χ0v) is 18.7. The van der Waals surface area contributed by atoms with Crippen LogP contribution in [0.3, 0.4) is 0 Å². The van der Waals surface area contributed by atoms with E-state index >= 15 is 0 Å². The Hall–Kier alpha value is -2.71. The minimum Gasteiger partial charge on any atom is -0.454 e. The monoisotopic (exact) mass is 453 g/mol. The second kappa shape index (κ2) is 9.03. The summed E-state index contributed by atoms with van der Waals surface area (Å²) < 4.78 is 10.7. The van der Waals surface area contributed by atoms with Crippen LogP contribution < -0.4 is 20.1 Å². The Morgan fingerprint density at radius 2 is 1.84 bits per heavy atom. The highest BCUT2D eigenvalue weighted by Crippen LogP contribution is 2.39. The predicted octanol–water partition coefficient (Wildman–Crippen LogP) is 2.30. The molecule has 2 fully saturated rings. The number of thioether (sulfide) groups is 1. The molecule has 8 heteroatoms. The molecule has 168 valence electrons. The molecular weight excluding hydrogens is 426 g/mol. The first-order chi connectivity index (χ1) is 15.6. The number of amides is 2.